The Bertz CT molecular complexity index is 590. The quantitative estimate of drug-likeness (QED) is 0.833. The lowest BCUT2D eigenvalue weighted by Crippen LogP contribution is -2.43. The first-order chi connectivity index (χ1) is 11.4. The van der Waals surface area contributed by atoms with Gasteiger partial charge in [-0.1, -0.05) is 12.1 Å². The summed E-state index contributed by atoms with van der Waals surface area (Å²) in [6, 6.07) is 6.37. The first-order valence-corrected chi connectivity index (χ1v) is 8.77. The highest BCUT2D eigenvalue weighted by Gasteiger charge is 2.22. The Morgan fingerprint density at radius 3 is 2.46 bits per heavy atom. The number of piperidine rings is 1. The number of aryl methyl sites for hydroxylation is 2. The lowest BCUT2D eigenvalue weighted by Gasteiger charge is -2.34. The normalized spacial score (nSPS) is 16.2. The number of nitrogens with one attached hydrogen (secondary N) is 2. The van der Waals surface area contributed by atoms with Crippen LogP contribution in [0.1, 0.15) is 37.8 Å². The van der Waals surface area contributed by atoms with Crippen LogP contribution in [-0.2, 0) is 9.59 Å². The van der Waals surface area contributed by atoms with E-state index in [-0.39, 0.29) is 0 Å². The second-order valence-electron chi connectivity index (χ2n) is 7.06. The Hall–Kier alpha value is -1.88. The Kier molecular flexibility index (Phi) is 6.37. The molecule has 0 aliphatic carbocycles. The van der Waals surface area contributed by atoms with Crippen molar-refractivity contribution in [2.75, 3.05) is 25.0 Å². The maximum Gasteiger partial charge on any atom is 0.313 e. The van der Waals surface area contributed by atoms with E-state index in [0.29, 0.717) is 24.2 Å². The van der Waals surface area contributed by atoms with E-state index in [0.717, 1.165) is 37.1 Å². The molecule has 5 heteroatoms. The van der Waals surface area contributed by atoms with Gasteiger partial charge in [0.05, 0.1) is 0 Å². The molecule has 0 bridgehead atoms. The van der Waals surface area contributed by atoms with Crippen LogP contribution < -0.4 is 10.6 Å². The number of carbonyl (C=O) groups is 2. The van der Waals surface area contributed by atoms with Gasteiger partial charge in [-0.05, 0) is 76.7 Å². The summed E-state index contributed by atoms with van der Waals surface area (Å²) >= 11 is 0. The zero-order chi connectivity index (χ0) is 17.7. The van der Waals surface area contributed by atoms with Crippen LogP contribution in [0.2, 0.25) is 0 Å². The minimum absolute atomic E-state index is 0.456. The maximum atomic E-state index is 12.1. The van der Waals surface area contributed by atoms with Gasteiger partial charge in [0.25, 0.3) is 0 Å². The minimum Gasteiger partial charge on any atom is -0.348 e. The molecule has 5 nitrogen and oxygen atoms in total. The molecule has 1 saturated heterocycles. The number of hydrogen-bond acceptors (Lipinski definition) is 3. The van der Waals surface area contributed by atoms with Gasteiger partial charge >= 0.3 is 11.8 Å². The van der Waals surface area contributed by atoms with Crippen molar-refractivity contribution in [2.45, 2.75) is 46.6 Å². The van der Waals surface area contributed by atoms with Crippen LogP contribution in [-0.4, -0.2) is 42.4 Å². The zero-order valence-electron chi connectivity index (χ0n) is 15.2. The molecule has 2 N–H and O–H groups in total. The SMILES string of the molecule is Cc1ccc(C)c(NC(=O)C(=O)NCC2CCN(C(C)C)CC2)c1. The third-order valence-corrected chi connectivity index (χ3v) is 4.78. The summed E-state index contributed by atoms with van der Waals surface area (Å²) in [6.45, 7) is 11.0. The molecule has 1 aliphatic heterocycles. The first-order valence-electron chi connectivity index (χ1n) is 8.77. The maximum absolute atomic E-state index is 12.1. The minimum atomic E-state index is -0.594. The van der Waals surface area contributed by atoms with Crippen molar-refractivity contribution in [3.8, 4) is 0 Å². The third kappa shape index (κ3) is 5.06. The number of benzene rings is 1. The number of carbonyl (C=O) groups excluding carboxylic acids is 2. The van der Waals surface area contributed by atoms with Crippen LogP contribution >= 0.6 is 0 Å². The summed E-state index contributed by atoms with van der Waals surface area (Å²) < 4.78 is 0. The Morgan fingerprint density at radius 1 is 1.17 bits per heavy atom. The first kappa shape index (κ1) is 18.5. The summed E-state index contributed by atoms with van der Waals surface area (Å²) in [5.74, 6) is -0.692. The van der Waals surface area contributed by atoms with Gasteiger partial charge in [-0.2, -0.15) is 0 Å². The fraction of sp³-hybridized carbons (Fsp3) is 0.579. The summed E-state index contributed by atoms with van der Waals surface area (Å²) in [4.78, 5) is 26.5. The van der Waals surface area contributed by atoms with Crippen molar-refractivity contribution in [1.29, 1.82) is 0 Å². The number of amides is 2. The average molecular weight is 331 g/mol. The lowest BCUT2D eigenvalue weighted by molar-refractivity contribution is -0.136. The number of rotatable bonds is 4. The smallest absolute Gasteiger partial charge is 0.313 e. The van der Waals surface area contributed by atoms with E-state index < -0.39 is 11.8 Å². The fourth-order valence-corrected chi connectivity index (χ4v) is 3.04. The number of hydrogen-bond donors (Lipinski definition) is 2. The van der Waals surface area contributed by atoms with Gasteiger partial charge in [-0.25, -0.2) is 0 Å². The van der Waals surface area contributed by atoms with E-state index in [1.807, 2.05) is 32.0 Å². The van der Waals surface area contributed by atoms with Crippen molar-refractivity contribution < 1.29 is 9.59 Å². The molecule has 0 radical (unpaired) electrons. The molecule has 2 amide bonds. The monoisotopic (exact) mass is 331 g/mol. The molecule has 0 spiro atoms. The summed E-state index contributed by atoms with van der Waals surface area (Å²) in [7, 11) is 0. The number of nitrogens with zero attached hydrogens (tertiary/aromatic N) is 1. The molecule has 1 heterocycles. The second kappa shape index (κ2) is 8.29. The largest absolute Gasteiger partial charge is 0.348 e. The van der Waals surface area contributed by atoms with Crippen molar-refractivity contribution in [3.63, 3.8) is 0 Å². The van der Waals surface area contributed by atoms with E-state index in [1.165, 1.54) is 0 Å². The van der Waals surface area contributed by atoms with Gasteiger partial charge in [-0.15, -0.1) is 0 Å². The molecule has 0 unspecified atom stereocenters. The van der Waals surface area contributed by atoms with Crippen molar-refractivity contribution in [3.05, 3.63) is 29.3 Å². The van der Waals surface area contributed by atoms with Crippen LogP contribution in [0.5, 0.6) is 0 Å². The zero-order valence-corrected chi connectivity index (χ0v) is 15.2. The predicted molar refractivity (Wildman–Crippen MR) is 97.0 cm³/mol. The van der Waals surface area contributed by atoms with Crippen LogP contribution in [0, 0.1) is 19.8 Å². The molecule has 132 valence electrons. The third-order valence-electron chi connectivity index (χ3n) is 4.78. The van der Waals surface area contributed by atoms with Gasteiger partial charge in [0.2, 0.25) is 0 Å². The van der Waals surface area contributed by atoms with Crippen molar-refractivity contribution in [1.82, 2.24) is 10.2 Å². The molecule has 1 aromatic rings. The van der Waals surface area contributed by atoms with Gasteiger partial charge < -0.3 is 15.5 Å². The molecule has 1 fully saturated rings. The second-order valence-corrected chi connectivity index (χ2v) is 7.06. The van der Waals surface area contributed by atoms with Crippen LogP contribution in [0.25, 0.3) is 0 Å². The molecule has 1 aliphatic rings. The fourth-order valence-electron chi connectivity index (χ4n) is 3.04. The number of likely N-dealkylation sites (tertiary alicyclic amines) is 1. The molecule has 1 aromatic carbocycles. The van der Waals surface area contributed by atoms with E-state index in [9.17, 15) is 9.59 Å². The Balaban J connectivity index is 1.78. The Labute approximate surface area is 144 Å². The van der Waals surface area contributed by atoms with Crippen LogP contribution in [0.3, 0.4) is 0 Å². The molecular formula is C19H29N3O2. The molecule has 0 atom stereocenters. The van der Waals surface area contributed by atoms with Crippen molar-refractivity contribution >= 4 is 17.5 Å². The molecule has 0 aromatic heterocycles. The van der Waals surface area contributed by atoms with Crippen LogP contribution in [0.4, 0.5) is 5.69 Å². The topological polar surface area (TPSA) is 61.4 Å². The lowest BCUT2D eigenvalue weighted by atomic mass is 9.96. The summed E-state index contributed by atoms with van der Waals surface area (Å²) in [5.41, 5.74) is 2.69. The molecule has 2 rings (SSSR count). The van der Waals surface area contributed by atoms with E-state index in [1.54, 1.807) is 0 Å². The van der Waals surface area contributed by atoms with Gasteiger partial charge in [0, 0.05) is 18.3 Å². The Morgan fingerprint density at radius 2 is 1.83 bits per heavy atom. The molecule has 24 heavy (non-hydrogen) atoms. The highest BCUT2D eigenvalue weighted by Crippen LogP contribution is 2.18. The van der Waals surface area contributed by atoms with E-state index >= 15 is 0 Å². The highest BCUT2D eigenvalue weighted by molar-refractivity contribution is 6.39. The van der Waals surface area contributed by atoms with Crippen LogP contribution in [0.15, 0.2) is 18.2 Å². The summed E-state index contributed by atoms with van der Waals surface area (Å²) in [6.07, 6.45) is 2.13. The van der Waals surface area contributed by atoms with Gasteiger partial charge in [-0.3, -0.25) is 9.59 Å². The predicted octanol–water partition coefficient (Wildman–Crippen LogP) is 2.48. The summed E-state index contributed by atoms with van der Waals surface area (Å²) in [5, 5.41) is 5.48. The number of anilines is 1. The molecule has 0 saturated carbocycles. The van der Waals surface area contributed by atoms with E-state index in [2.05, 4.69) is 29.4 Å². The highest BCUT2D eigenvalue weighted by atomic mass is 16.2. The van der Waals surface area contributed by atoms with Crippen molar-refractivity contribution in [2.24, 2.45) is 5.92 Å². The molecular weight excluding hydrogens is 302 g/mol. The average Bonchev–Trinajstić information content (AvgIpc) is 2.56. The van der Waals surface area contributed by atoms with Gasteiger partial charge in [0.1, 0.15) is 0 Å². The van der Waals surface area contributed by atoms with Gasteiger partial charge in [0.15, 0.2) is 0 Å². The van der Waals surface area contributed by atoms with E-state index in [4.69, 9.17) is 0 Å². The standard InChI is InChI=1S/C19H29N3O2/c1-13(2)22-9-7-16(8-10-22)12-20-18(23)19(24)21-17-11-14(3)5-6-15(17)4/h5-6,11,13,16H,7-10,12H2,1-4H3,(H,20,23)(H,21,24).